The van der Waals surface area contributed by atoms with Crippen LogP contribution >= 0.6 is 6.72 Å². The molecule has 0 saturated heterocycles. The second-order valence-electron chi connectivity index (χ2n) is 2.36. The van der Waals surface area contributed by atoms with E-state index in [4.69, 9.17) is 20.0 Å². The Morgan fingerprint density at radius 3 is 2.14 bits per heavy atom. The maximum Gasteiger partial charge on any atom is 0.333 e. The van der Waals surface area contributed by atoms with Gasteiger partial charge in [0.1, 0.15) is 0 Å². The lowest BCUT2D eigenvalue weighted by Gasteiger charge is -2.15. The Balaban J connectivity index is 4.24. The van der Waals surface area contributed by atoms with Crippen LogP contribution in [0.5, 0.6) is 0 Å². The first-order chi connectivity index (χ1) is 6.22. The number of rotatable bonds is 6. The SMILES string of the molecule is O=C(O)CC[C@H](OP(O)(O)=S)C(=O)O. The molecule has 0 radical (unpaired) electrons. The third kappa shape index (κ3) is 6.93. The molecule has 4 N–H and O–H groups in total. The highest BCUT2D eigenvalue weighted by Crippen LogP contribution is 2.38. The molecule has 0 aromatic rings. The molecule has 0 aliphatic heterocycles. The van der Waals surface area contributed by atoms with Gasteiger partial charge in [-0.15, -0.1) is 0 Å². The fourth-order valence-corrected chi connectivity index (χ4v) is 1.48. The van der Waals surface area contributed by atoms with E-state index in [0.29, 0.717) is 0 Å². The van der Waals surface area contributed by atoms with Gasteiger partial charge in [0.2, 0.25) is 0 Å². The standard InChI is InChI=1S/C5H9O7PS/c6-4(7)2-1-3(5(8)9)12-13(10,11)14/h3H,1-2H2,(H,6,7)(H,8,9)(H2,10,11,14)/t3-/m0/s1. The smallest absolute Gasteiger partial charge is 0.333 e. The Labute approximate surface area is 84.2 Å². The summed E-state index contributed by atoms with van der Waals surface area (Å²) in [6, 6.07) is 0. The van der Waals surface area contributed by atoms with E-state index in [-0.39, 0.29) is 6.42 Å². The summed E-state index contributed by atoms with van der Waals surface area (Å²) < 4.78 is 4.22. The van der Waals surface area contributed by atoms with E-state index < -0.39 is 31.2 Å². The van der Waals surface area contributed by atoms with E-state index in [0.717, 1.165) is 0 Å². The van der Waals surface area contributed by atoms with Crippen molar-refractivity contribution in [2.24, 2.45) is 0 Å². The molecule has 0 heterocycles. The number of carboxylic acids is 2. The first kappa shape index (κ1) is 13.5. The van der Waals surface area contributed by atoms with E-state index in [1.807, 2.05) is 0 Å². The van der Waals surface area contributed by atoms with Gasteiger partial charge in [-0.05, 0) is 18.2 Å². The zero-order valence-corrected chi connectivity index (χ0v) is 8.57. The molecule has 0 bridgehead atoms. The Morgan fingerprint density at radius 1 is 1.36 bits per heavy atom. The Morgan fingerprint density at radius 2 is 1.86 bits per heavy atom. The van der Waals surface area contributed by atoms with Gasteiger partial charge in [-0.1, -0.05) is 0 Å². The molecule has 0 aromatic carbocycles. The van der Waals surface area contributed by atoms with Crippen LogP contribution in [0.25, 0.3) is 0 Å². The minimum Gasteiger partial charge on any atom is -0.481 e. The number of carboxylic acid groups (broad SMARTS) is 2. The van der Waals surface area contributed by atoms with Crippen LogP contribution in [0.2, 0.25) is 0 Å². The highest BCUT2D eigenvalue weighted by Gasteiger charge is 2.25. The molecular formula is C5H9O7PS. The molecule has 0 spiro atoms. The minimum absolute atomic E-state index is 0.371. The van der Waals surface area contributed by atoms with Crippen molar-refractivity contribution in [3.8, 4) is 0 Å². The molecule has 0 unspecified atom stereocenters. The van der Waals surface area contributed by atoms with Gasteiger partial charge in [0.25, 0.3) is 0 Å². The van der Waals surface area contributed by atoms with E-state index >= 15 is 0 Å². The van der Waals surface area contributed by atoms with Crippen LogP contribution in [0.4, 0.5) is 0 Å². The molecule has 0 amide bonds. The van der Waals surface area contributed by atoms with Gasteiger partial charge in [-0.3, -0.25) is 9.32 Å². The van der Waals surface area contributed by atoms with Crippen LogP contribution in [0, 0.1) is 0 Å². The largest absolute Gasteiger partial charge is 0.481 e. The fraction of sp³-hybridized carbons (Fsp3) is 0.600. The number of hydrogen-bond acceptors (Lipinski definition) is 4. The molecule has 0 rings (SSSR count). The fourth-order valence-electron chi connectivity index (χ4n) is 0.642. The summed E-state index contributed by atoms with van der Waals surface area (Å²) in [4.78, 5) is 37.8. The molecule has 0 aliphatic carbocycles. The monoisotopic (exact) mass is 244 g/mol. The summed E-state index contributed by atoms with van der Waals surface area (Å²) >= 11 is 4.05. The van der Waals surface area contributed by atoms with Crippen LogP contribution in [-0.4, -0.2) is 38.0 Å². The van der Waals surface area contributed by atoms with E-state index in [2.05, 4.69) is 16.3 Å². The first-order valence-corrected chi connectivity index (χ1v) is 6.03. The summed E-state index contributed by atoms with van der Waals surface area (Å²) in [6.45, 7) is -4.08. The molecule has 82 valence electrons. The summed E-state index contributed by atoms with van der Waals surface area (Å²) in [5.74, 6) is -2.69. The average molecular weight is 244 g/mol. The van der Waals surface area contributed by atoms with Crippen molar-refractivity contribution in [3.05, 3.63) is 0 Å². The van der Waals surface area contributed by atoms with Gasteiger partial charge in [0.15, 0.2) is 6.10 Å². The predicted octanol–water partition coefficient (Wildman–Crippen LogP) is -0.470. The van der Waals surface area contributed by atoms with Gasteiger partial charge in [0, 0.05) is 6.42 Å². The van der Waals surface area contributed by atoms with E-state index in [1.54, 1.807) is 0 Å². The highest BCUT2D eigenvalue weighted by molar-refractivity contribution is 8.06. The molecule has 9 heteroatoms. The summed E-state index contributed by atoms with van der Waals surface area (Å²) in [5.41, 5.74) is 0. The van der Waals surface area contributed by atoms with Gasteiger partial charge in [-0.25, -0.2) is 4.79 Å². The third-order valence-corrected chi connectivity index (χ3v) is 1.95. The molecule has 7 nitrogen and oxygen atoms in total. The topological polar surface area (TPSA) is 124 Å². The molecule has 1 atom stereocenters. The number of hydrogen-bond donors (Lipinski definition) is 4. The van der Waals surface area contributed by atoms with Crippen molar-refractivity contribution in [2.45, 2.75) is 18.9 Å². The van der Waals surface area contributed by atoms with Crippen molar-refractivity contribution in [1.29, 1.82) is 0 Å². The summed E-state index contributed by atoms with van der Waals surface area (Å²) in [5, 5.41) is 16.7. The maximum absolute atomic E-state index is 10.4. The molecule has 0 saturated carbocycles. The Bertz CT molecular complexity index is 271. The Kier molecular flexibility index (Phi) is 5.17. The lowest BCUT2D eigenvalue weighted by Crippen LogP contribution is -2.23. The lowest BCUT2D eigenvalue weighted by molar-refractivity contribution is -0.146. The average Bonchev–Trinajstić information content (AvgIpc) is 1.94. The first-order valence-electron chi connectivity index (χ1n) is 3.41. The third-order valence-electron chi connectivity index (χ3n) is 1.16. The zero-order valence-electron chi connectivity index (χ0n) is 6.86. The van der Waals surface area contributed by atoms with E-state index in [1.165, 1.54) is 0 Å². The van der Waals surface area contributed by atoms with Crippen LogP contribution in [-0.2, 0) is 25.9 Å². The molecule has 0 aliphatic rings. The lowest BCUT2D eigenvalue weighted by atomic mass is 10.2. The maximum atomic E-state index is 10.4. The van der Waals surface area contributed by atoms with E-state index in [9.17, 15) is 9.59 Å². The second-order valence-corrected chi connectivity index (χ2v) is 4.97. The van der Waals surface area contributed by atoms with Crippen LogP contribution in [0.15, 0.2) is 0 Å². The number of carbonyl (C=O) groups is 2. The van der Waals surface area contributed by atoms with Crippen molar-refractivity contribution >= 4 is 30.5 Å². The van der Waals surface area contributed by atoms with Crippen molar-refractivity contribution in [3.63, 3.8) is 0 Å². The quantitative estimate of drug-likeness (QED) is 0.462. The summed E-state index contributed by atoms with van der Waals surface area (Å²) in [6.07, 6.45) is -2.43. The molecule has 14 heavy (non-hydrogen) atoms. The van der Waals surface area contributed by atoms with Gasteiger partial charge in [0.05, 0.1) is 0 Å². The van der Waals surface area contributed by atoms with Crippen molar-refractivity contribution in [1.82, 2.24) is 0 Å². The predicted molar refractivity (Wildman–Crippen MR) is 48.1 cm³/mol. The normalized spacial score (nSPS) is 13.6. The Hall–Kier alpha value is -0.530. The summed E-state index contributed by atoms with van der Waals surface area (Å²) in [7, 11) is 0. The minimum atomic E-state index is -4.08. The number of aliphatic carboxylic acids is 2. The zero-order chi connectivity index (χ0) is 11.4. The molecule has 0 aromatic heterocycles. The molecular weight excluding hydrogens is 235 g/mol. The second kappa shape index (κ2) is 5.38. The van der Waals surface area contributed by atoms with Gasteiger partial charge >= 0.3 is 18.7 Å². The van der Waals surface area contributed by atoms with Gasteiger partial charge in [-0.2, -0.15) is 0 Å². The van der Waals surface area contributed by atoms with Crippen LogP contribution < -0.4 is 0 Å². The van der Waals surface area contributed by atoms with Crippen molar-refractivity contribution < 1.29 is 34.1 Å². The van der Waals surface area contributed by atoms with Crippen LogP contribution in [0.1, 0.15) is 12.8 Å². The van der Waals surface area contributed by atoms with Crippen molar-refractivity contribution in [2.75, 3.05) is 0 Å². The molecule has 0 fully saturated rings. The van der Waals surface area contributed by atoms with Gasteiger partial charge < -0.3 is 20.0 Å². The highest BCUT2D eigenvalue weighted by atomic mass is 32.5. The van der Waals surface area contributed by atoms with Crippen LogP contribution in [0.3, 0.4) is 0 Å².